The summed E-state index contributed by atoms with van der Waals surface area (Å²) in [5.41, 5.74) is 0.571. The summed E-state index contributed by atoms with van der Waals surface area (Å²) in [5.74, 6) is -0.718. The molecule has 2 saturated heterocycles. The smallest absolute Gasteiger partial charge is 0.294 e. The van der Waals surface area contributed by atoms with Gasteiger partial charge < -0.3 is 4.90 Å². The molecular weight excluding hydrogens is 370 g/mol. The molecule has 0 N–H and O–H groups in total. The molecule has 0 bridgehead atoms. The monoisotopic (exact) mass is 387 g/mol. The number of benzene rings is 1. The summed E-state index contributed by atoms with van der Waals surface area (Å²) in [7, 11) is 0. The number of carbonyl (C=O) groups excluding carboxylic acids is 3. The zero-order chi connectivity index (χ0) is 19.4. The third kappa shape index (κ3) is 4.43. The molecule has 2 heterocycles. The van der Waals surface area contributed by atoms with Gasteiger partial charge in [0.1, 0.15) is 6.54 Å². The summed E-state index contributed by atoms with van der Waals surface area (Å²) in [5, 5.41) is 10.3. The highest BCUT2D eigenvalue weighted by Gasteiger charge is 2.37. The number of imide groups is 1. The van der Waals surface area contributed by atoms with E-state index in [0.29, 0.717) is 18.7 Å². The van der Waals surface area contributed by atoms with Crippen molar-refractivity contribution in [2.24, 2.45) is 0 Å². The molecular formula is C18H17N3O5S. The molecule has 1 aromatic rings. The van der Waals surface area contributed by atoms with E-state index in [4.69, 9.17) is 0 Å². The van der Waals surface area contributed by atoms with E-state index in [1.807, 2.05) is 0 Å². The van der Waals surface area contributed by atoms with Crippen molar-refractivity contribution in [3.05, 3.63) is 57.0 Å². The average Bonchev–Trinajstić information content (AvgIpc) is 3.27. The van der Waals surface area contributed by atoms with Crippen molar-refractivity contribution in [3.8, 4) is 0 Å². The molecule has 3 rings (SSSR count). The van der Waals surface area contributed by atoms with Gasteiger partial charge in [0.2, 0.25) is 5.91 Å². The van der Waals surface area contributed by atoms with Crippen LogP contribution >= 0.6 is 11.8 Å². The highest BCUT2D eigenvalue weighted by Crippen LogP contribution is 2.30. The lowest BCUT2D eigenvalue weighted by atomic mass is 10.2. The Morgan fingerprint density at radius 3 is 2.70 bits per heavy atom. The maximum atomic E-state index is 12.4. The number of nitrogens with zero attached hydrogens (tertiary/aromatic N) is 3. The molecule has 0 aliphatic carbocycles. The Balaban J connectivity index is 1.66. The number of hydrogen-bond donors (Lipinski definition) is 0. The summed E-state index contributed by atoms with van der Waals surface area (Å²) < 4.78 is 0. The third-order valence-electron chi connectivity index (χ3n) is 4.24. The minimum Gasteiger partial charge on any atom is -0.341 e. The predicted octanol–water partition coefficient (Wildman–Crippen LogP) is 2.81. The fourth-order valence-electron chi connectivity index (χ4n) is 2.84. The van der Waals surface area contributed by atoms with Gasteiger partial charge in [-0.2, -0.15) is 0 Å². The first kappa shape index (κ1) is 18.8. The van der Waals surface area contributed by atoms with Crippen molar-refractivity contribution in [1.29, 1.82) is 0 Å². The Morgan fingerprint density at radius 1 is 1.26 bits per heavy atom. The molecule has 140 valence electrons. The minimum atomic E-state index is -0.499. The summed E-state index contributed by atoms with van der Waals surface area (Å²) >= 11 is 0.778. The predicted molar refractivity (Wildman–Crippen MR) is 101 cm³/mol. The average molecular weight is 387 g/mol. The van der Waals surface area contributed by atoms with E-state index in [-0.39, 0.29) is 23.0 Å². The standard InChI is InChI=1S/C18H17N3O5S/c22-16(19-9-1-2-10-19)12-20-17(23)15(27-18(20)24)8-4-6-13-5-3-7-14(11-13)21(25)26/h3-8,11H,1-2,9-10,12H2/b6-4+,15-8-. The number of allylic oxidation sites excluding steroid dienone is 2. The SMILES string of the molecule is O=C(CN1C(=O)S/C(=C\C=C\c2cccc([N+](=O)[O-])c2)C1=O)N1CCCC1. The van der Waals surface area contributed by atoms with Gasteiger partial charge in [0, 0.05) is 25.2 Å². The van der Waals surface area contributed by atoms with Crippen LogP contribution in [0.4, 0.5) is 10.5 Å². The van der Waals surface area contributed by atoms with E-state index >= 15 is 0 Å². The second kappa shape index (κ2) is 8.17. The van der Waals surface area contributed by atoms with Gasteiger partial charge in [0.15, 0.2) is 0 Å². The summed E-state index contributed by atoms with van der Waals surface area (Å²) in [6.45, 7) is 1.09. The van der Waals surface area contributed by atoms with Crippen LogP contribution < -0.4 is 0 Å². The Morgan fingerprint density at radius 2 is 2.00 bits per heavy atom. The van der Waals surface area contributed by atoms with Gasteiger partial charge in [-0.1, -0.05) is 24.3 Å². The zero-order valence-electron chi connectivity index (χ0n) is 14.4. The van der Waals surface area contributed by atoms with Crippen molar-refractivity contribution < 1.29 is 19.3 Å². The lowest BCUT2D eigenvalue weighted by Crippen LogP contribution is -2.40. The number of non-ortho nitro benzene ring substituents is 1. The topological polar surface area (TPSA) is 101 Å². The Labute approximate surface area is 159 Å². The molecule has 2 aliphatic rings. The molecule has 27 heavy (non-hydrogen) atoms. The van der Waals surface area contributed by atoms with Crippen molar-refractivity contribution in [2.75, 3.05) is 19.6 Å². The van der Waals surface area contributed by atoms with Gasteiger partial charge in [-0.25, -0.2) is 0 Å². The number of likely N-dealkylation sites (tertiary alicyclic amines) is 1. The van der Waals surface area contributed by atoms with E-state index in [9.17, 15) is 24.5 Å². The number of nitro groups is 1. The molecule has 0 spiro atoms. The van der Waals surface area contributed by atoms with Gasteiger partial charge in [-0.15, -0.1) is 0 Å². The molecule has 0 atom stereocenters. The van der Waals surface area contributed by atoms with E-state index in [1.54, 1.807) is 29.2 Å². The van der Waals surface area contributed by atoms with Crippen LogP contribution in [0.5, 0.6) is 0 Å². The number of thioether (sulfide) groups is 1. The van der Waals surface area contributed by atoms with Crippen LogP contribution in [0, 0.1) is 10.1 Å². The van der Waals surface area contributed by atoms with Crippen LogP contribution in [0.3, 0.4) is 0 Å². The van der Waals surface area contributed by atoms with Crippen LogP contribution in [-0.4, -0.2) is 51.4 Å². The van der Waals surface area contributed by atoms with E-state index in [0.717, 1.165) is 29.5 Å². The van der Waals surface area contributed by atoms with Crippen molar-refractivity contribution in [1.82, 2.24) is 9.80 Å². The van der Waals surface area contributed by atoms with Gasteiger partial charge in [-0.05, 0) is 36.2 Å². The van der Waals surface area contributed by atoms with Gasteiger partial charge in [0.05, 0.1) is 9.83 Å². The number of hydrogen-bond acceptors (Lipinski definition) is 6. The summed E-state index contributed by atoms with van der Waals surface area (Å²) in [4.78, 5) is 49.7. The minimum absolute atomic E-state index is 0.0297. The molecule has 2 fully saturated rings. The van der Waals surface area contributed by atoms with Crippen LogP contribution in [0.2, 0.25) is 0 Å². The highest BCUT2D eigenvalue weighted by molar-refractivity contribution is 8.18. The molecule has 0 unspecified atom stereocenters. The van der Waals surface area contributed by atoms with Crippen LogP contribution in [0.15, 0.2) is 41.3 Å². The fraction of sp³-hybridized carbons (Fsp3) is 0.278. The molecule has 0 radical (unpaired) electrons. The first-order valence-electron chi connectivity index (χ1n) is 8.40. The normalized spacial score (nSPS) is 18.9. The second-order valence-electron chi connectivity index (χ2n) is 6.09. The summed E-state index contributed by atoms with van der Waals surface area (Å²) in [6.07, 6.45) is 6.52. The van der Waals surface area contributed by atoms with E-state index in [1.165, 1.54) is 18.2 Å². The van der Waals surface area contributed by atoms with Gasteiger partial charge >= 0.3 is 0 Å². The van der Waals surface area contributed by atoms with Crippen LogP contribution in [-0.2, 0) is 9.59 Å². The van der Waals surface area contributed by atoms with E-state index in [2.05, 4.69) is 0 Å². The Bertz CT molecular complexity index is 858. The molecule has 8 nitrogen and oxygen atoms in total. The second-order valence-corrected chi connectivity index (χ2v) is 7.08. The van der Waals surface area contributed by atoms with Crippen molar-refractivity contribution in [3.63, 3.8) is 0 Å². The maximum absolute atomic E-state index is 12.4. The number of nitro benzene ring substituents is 1. The Kier molecular flexibility index (Phi) is 5.70. The largest absolute Gasteiger partial charge is 0.341 e. The molecule has 0 saturated carbocycles. The number of carbonyl (C=O) groups is 3. The zero-order valence-corrected chi connectivity index (χ0v) is 15.2. The first-order chi connectivity index (χ1) is 13.0. The van der Waals surface area contributed by atoms with E-state index < -0.39 is 16.1 Å². The van der Waals surface area contributed by atoms with Gasteiger partial charge in [-0.3, -0.25) is 29.4 Å². The fourth-order valence-corrected chi connectivity index (χ4v) is 3.63. The van der Waals surface area contributed by atoms with Crippen molar-refractivity contribution >= 4 is 40.6 Å². The molecule has 1 aromatic carbocycles. The Hall–Kier alpha value is -2.94. The summed E-state index contributed by atoms with van der Waals surface area (Å²) in [6, 6.07) is 6.05. The molecule has 3 amide bonds. The quantitative estimate of drug-likeness (QED) is 0.437. The first-order valence-corrected chi connectivity index (χ1v) is 9.21. The lowest BCUT2D eigenvalue weighted by Gasteiger charge is -2.18. The highest BCUT2D eigenvalue weighted by atomic mass is 32.2. The lowest BCUT2D eigenvalue weighted by molar-refractivity contribution is -0.384. The molecule has 2 aliphatic heterocycles. The molecule has 0 aromatic heterocycles. The third-order valence-corrected chi connectivity index (χ3v) is 5.17. The molecule has 9 heteroatoms. The number of rotatable bonds is 5. The van der Waals surface area contributed by atoms with Crippen LogP contribution in [0.25, 0.3) is 6.08 Å². The number of amides is 3. The van der Waals surface area contributed by atoms with Gasteiger partial charge in [0.25, 0.3) is 16.8 Å². The van der Waals surface area contributed by atoms with Crippen LogP contribution in [0.1, 0.15) is 18.4 Å². The maximum Gasteiger partial charge on any atom is 0.294 e. The van der Waals surface area contributed by atoms with Crippen molar-refractivity contribution in [2.45, 2.75) is 12.8 Å².